The Morgan fingerprint density at radius 2 is 2.00 bits per heavy atom. The maximum Gasteiger partial charge on any atom is 0.151 e. The van der Waals surface area contributed by atoms with Gasteiger partial charge in [0.25, 0.3) is 0 Å². The molecule has 0 bridgehead atoms. The Morgan fingerprint density at radius 1 is 1.21 bits per heavy atom. The van der Waals surface area contributed by atoms with Gasteiger partial charge in [0.1, 0.15) is 0 Å². The number of benzene rings is 1. The number of hydrogen-bond donors (Lipinski definition) is 0. The Morgan fingerprint density at radius 3 is 2.57 bits per heavy atom. The second-order valence-electron chi connectivity index (χ2n) is 3.26. The molecule has 74 valence electrons. The van der Waals surface area contributed by atoms with Gasteiger partial charge in [-0.1, -0.05) is 31.5 Å². The molecule has 0 heterocycles. The summed E-state index contributed by atoms with van der Waals surface area (Å²) in [6.45, 7) is 2.10. The Bertz CT molecular complexity index is 329. The third-order valence-corrected chi connectivity index (χ3v) is 2.27. The Balaban J connectivity index is 3.02. The van der Waals surface area contributed by atoms with Gasteiger partial charge >= 0.3 is 0 Å². The third-order valence-electron chi connectivity index (χ3n) is 2.27. The van der Waals surface area contributed by atoms with E-state index in [4.69, 9.17) is 0 Å². The van der Waals surface area contributed by atoms with E-state index in [1.165, 1.54) is 0 Å². The van der Waals surface area contributed by atoms with E-state index in [0.717, 1.165) is 37.4 Å². The van der Waals surface area contributed by atoms with Gasteiger partial charge in [-0.3, -0.25) is 9.59 Å². The van der Waals surface area contributed by atoms with Crippen LogP contribution in [-0.4, -0.2) is 12.6 Å². The van der Waals surface area contributed by atoms with Crippen LogP contribution in [0.1, 0.15) is 46.0 Å². The van der Waals surface area contributed by atoms with Crippen molar-refractivity contribution in [3.63, 3.8) is 0 Å². The lowest BCUT2D eigenvalue weighted by molar-refractivity contribution is 0.109. The molecule has 1 rings (SSSR count). The molecule has 0 unspecified atom stereocenters. The van der Waals surface area contributed by atoms with Crippen molar-refractivity contribution in [2.45, 2.75) is 26.2 Å². The zero-order valence-electron chi connectivity index (χ0n) is 8.32. The average molecular weight is 190 g/mol. The fraction of sp³-hybridized carbons (Fsp3) is 0.333. The minimum atomic E-state index is 0.494. The highest BCUT2D eigenvalue weighted by Crippen LogP contribution is 2.13. The lowest BCUT2D eigenvalue weighted by Crippen LogP contribution is -1.98. The third kappa shape index (κ3) is 2.28. The summed E-state index contributed by atoms with van der Waals surface area (Å²) >= 11 is 0. The SMILES string of the molecule is CCCCc1cccc(C=O)c1C=O. The number of hydrogen-bond acceptors (Lipinski definition) is 2. The second kappa shape index (κ2) is 5.32. The largest absolute Gasteiger partial charge is 0.298 e. The Labute approximate surface area is 83.9 Å². The summed E-state index contributed by atoms with van der Waals surface area (Å²) in [5, 5.41) is 0. The maximum absolute atomic E-state index is 10.8. The van der Waals surface area contributed by atoms with E-state index in [1.807, 2.05) is 12.1 Å². The van der Waals surface area contributed by atoms with Gasteiger partial charge < -0.3 is 0 Å². The highest BCUT2D eigenvalue weighted by Gasteiger charge is 2.05. The fourth-order valence-electron chi connectivity index (χ4n) is 1.46. The van der Waals surface area contributed by atoms with Crippen LogP contribution in [0.2, 0.25) is 0 Å². The summed E-state index contributed by atoms with van der Waals surface area (Å²) in [6, 6.07) is 5.40. The monoisotopic (exact) mass is 190 g/mol. The van der Waals surface area contributed by atoms with Crippen molar-refractivity contribution in [2.75, 3.05) is 0 Å². The molecule has 0 spiro atoms. The van der Waals surface area contributed by atoms with Crippen molar-refractivity contribution in [2.24, 2.45) is 0 Å². The van der Waals surface area contributed by atoms with Crippen LogP contribution in [0, 0.1) is 0 Å². The molecule has 0 radical (unpaired) electrons. The molecule has 0 saturated carbocycles. The predicted molar refractivity (Wildman–Crippen MR) is 55.8 cm³/mol. The van der Waals surface area contributed by atoms with Gasteiger partial charge in [-0.15, -0.1) is 0 Å². The molecule has 1 aromatic rings. The van der Waals surface area contributed by atoms with Crippen LogP contribution in [0.5, 0.6) is 0 Å². The molecule has 0 fully saturated rings. The van der Waals surface area contributed by atoms with Gasteiger partial charge in [0.2, 0.25) is 0 Å². The van der Waals surface area contributed by atoms with Crippen molar-refractivity contribution in [3.8, 4) is 0 Å². The second-order valence-corrected chi connectivity index (χ2v) is 3.26. The molecule has 0 amide bonds. The molecule has 1 aromatic carbocycles. The number of carbonyl (C=O) groups excluding carboxylic acids is 2. The quantitative estimate of drug-likeness (QED) is 0.669. The summed E-state index contributed by atoms with van der Waals surface area (Å²) in [6.07, 6.45) is 4.51. The summed E-state index contributed by atoms with van der Waals surface area (Å²) < 4.78 is 0. The molecule has 0 aliphatic rings. The molecule has 0 aliphatic heterocycles. The highest BCUT2D eigenvalue weighted by atomic mass is 16.1. The molecule has 0 aliphatic carbocycles. The predicted octanol–water partition coefficient (Wildman–Crippen LogP) is 2.65. The van der Waals surface area contributed by atoms with E-state index in [9.17, 15) is 9.59 Å². The zero-order chi connectivity index (χ0) is 10.4. The lowest BCUT2D eigenvalue weighted by atomic mass is 9.99. The number of aryl methyl sites for hydroxylation is 1. The average Bonchev–Trinajstić information content (AvgIpc) is 2.25. The normalized spacial score (nSPS) is 9.79. The Kier molecular flexibility index (Phi) is 4.05. The molecule has 2 heteroatoms. The van der Waals surface area contributed by atoms with Crippen LogP contribution < -0.4 is 0 Å². The van der Waals surface area contributed by atoms with Gasteiger partial charge in [-0.25, -0.2) is 0 Å². The molecule has 2 nitrogen and oxygen atoms in total. The van der Waals surface area contributed by atoms with Crippen LogP contribution in [0.15, 0.2) is 18.2 Å². The first-order valence-electron chi connectivity index (χ1n) is 4.85. The van der Waals surface area contributed by atoms with Crippen molar-refractivity contribution in [1.82, 2.24) is 0 Å². The number of rotatable bonds is 5. The first kappa shape index (κ1) is 10.6. The molecular formula is C12H14O2. The summed E-state index contributed by atoms with van der Waals surface area (Å²) in [5.74, 6) is 0. The smallest absolute Gasteiger partial charge is 0.151 e. The summed E-state index contributed by atoms with van der Waals surface area (Å²) in [4.78, 5) is 21.5. The zero-order valence-corrected chi connectivity index (χ0v) is 8.32. The molecule has 0 aromatic heterocycles. The highest BCUT2D eigenvalue weighted by molar-refractivity contribution is 5.91. The maximum atomic E-state index is 10.8. The number of carbonyl (C=O) groups is 2. The van der Waals surface area contributed by atoms with Crippen molar-refractivity contribution in [1.29, 1.82) is 0 Å². The minimum absolute atomic E-state index is 0.494. The van der Waals surface area contributed by atoms with Crippen molar-refractivity contribution in [3.05, 3.63) is 34.9 Å². The summed E-state index contributed by atoms with van der Waals surface area (Å²) in [7, 11) is 0. The van der Waals surface area contributed by atoms with Gasteiger partial charge in [0.05, 0.1) is 0 Å². The van der Waals surface area contributed by atoms with Crippen molar-refractivity contribution < 1.29 is 9.59 Å². The van der Waals surface area contributed by atoms with Crippen LogP contribution in [0.3, 0.4) is 0 Å². The van der Waals surface area contributed by atoms with Gasteiger partial charge in [0.15, 0.2) is 12.6 Å². The van der Waals surface area contributed by atoms with Crippen LogP contribution in [0.25, 0.3) is 0 Å². The minimum Gasteiger partial charge on any atom is -0.298 e. The van der Waals surface area contributed by atoms with Crippen LogP contribution in [0.4, 0.5) is 0 Å². The van der Waals surface area contributed by atoms with E-state index < -0.39 is 0 Å². The van der Waals surface area contributed by atoms with Crippen LogP contribution >= 0.6 is 0 Å². The van der Waals surface area contributed by atoms with Crippen LogP contribution in [-0.2, 0) is 6.42 Å². The van der Waals surface area contributed by atoms with Crippen molar-refractivity contribution >= 4 is 12.6 Å². The van der Waals surface area contributed by atoms with E-state index >= 15 is 0 Å². The van der Waals surface area contributed by atoms with E-state index in [2.05, 4.69) is 6.92 Å². The molecule has 0 saturated heterocycles. The first-order valence-corrected chi connectivity index (χ1v) is 4.85. The molecule has 14 heavy (non-hydrogen) atoms. The van der Waals surface area contributed by atoms with Gasteiger partial charge in [0, 0.05) is 11.1 Å². The molecule has 0 N–H and O–H groups in total. The number of unbranched alkanes of at least 4 members (excludes halogenated alkanes) is 1. The number of aldehydes is 2. The topological polar surface area (TPSA) is 34.1 Å². The van der Waals surface area contributed by atoms with Gasteiger partial charge in [-0.2, -0.15) is 0 Å². The molecule has 0 atom stereocenters. The van der Waals surface area contributed by atoms with E-state index in [0.29, 0.717) is 11.1 Å². The Hall–Kier alpha value is -1.44. The standard InChI is InChI=1S/C12H14O2/c1-2-3-5-10-6-4-7-11(8-13)12(10)9-14/h4,6-9H,2-3,5H2,1H3. The first-order chi connectivity index (χ1) is 6.83. The van der Waals surface area contributed by atoms with E-state index in [-0.39, 0.29) is 0 Å². The summed E-state index contributed by atoms with van der Waals surface area (Å²) in [5.41, 5.74) is 2.02. The van der Waals surface area contributed by atoms with Gasteiger partial charge in [-0.05, 0) is 18.4 Å². The lowest BCUT2D eigenvalue weighted by Gasteiger charge is -2.05. The molecular weight excluding hydrogens is 176 g/mol. The van der Waals surface area contributed by atoms with E-state index in [1.54, 1.807) is 6.07 Å². The fourth-order valence-corrected chi connectivity index (χ4v) is 1.46.